The van der Waals surface area contributed by atoms with Crippen molar-refractivity contribution in [1.29, 1.82) is 0 Å². The minimum atomic E-state index is -1.15. The first-order valence-electron chi connectivity index (χ1n) is 4.73. The van der Waals surface area contributed by atoms with E-state index in [0.29, 0.717) is 17.7 Å². The summed E-state index contributed by atoms with van der Waals surface area (Å²) in [5.41, 5.74) is 0.161. The maximum atomic E-state index is 11.8. The van der Waals surface area contributed by atoms with E-state index < -0.39 is 5.72 Å². The van der Waals surface area contributed by atoms with Crippen LogP contribution in [0.5, 0.6) is 0 Å². The lowest BCUT2D eigenvalue weighted by Crippen LogP contribution is -2.40. The van der Waals surface area contributed by atoms with Crippen molar-refractivity contribution in [2.75, 3.05) is 6.54 Å². The summed E-state index contributed by atoms with van der Waals surface area (Å²) in [6.07, 6.45) is 0. The van der Waals surface area contributed by atoms with Gasteiger partial charge in [-0.3, -0.25) is 4.79 Å². The molecule has 1 amide bonds. The van der Waals surface area contributed by atoms with Crippen LogP contribution < -0.4 is 0 Å². The molecule has 1 aromatic rings. The normalized spacial score (nSPS) is 25.4. The van der Waals surface area contributed by atoms with E-state index in [0.717, 1.165) is 0 Å². The smallest absolute Gasteiger partial charge is 0.256 e. The lowest BCUT2D eigenvalue weighted by atomic mass is 10.0. The van der Waals surface area contributed by atoms with Crippen LogP contribution in [0.2, 0.25) is 0 Å². The Kier molecular flexibility index (Phi) is 1.86. The molecule has 14 heavy (non-hydrogen) atoms. The quantitative estimate of drug-likeness (QED) is 0.727. The van der Waals surface area contributed by atoms with Crippen molar-refractivity contribution in [3.8, 4) is 0 Å². The van der Waals surface area contributed by atoms with Crippen LogP contribution in [0.4, 0.5) is 0 Å². The molecule has 1 N–H and O–H groups in total. The molecule has 0 aliphatic carbocycles. The molecule has 1 unspecified atom stereocenters. The first-order chi connectivity index (χ1) is 6.59. The SMILES string of the molecule is CCN1C(=O)c2ccccc2C1(C)O. The molecule has 0 spiro atoms. The molecule has 1 aliphatic heterocycles. The molecule has 74 valence electrons. The van der Waals surface area contributed by atoms with Gasteiger partial charge in [-0.05, 0) is 19.9 Å². The van der Waals surface area contributed by atoms with Gasteiger partial charge in [-0.1, -0.05) is 18.2 Å². The van der Waals surface area contributed by atoms with Crippen molar-refractivity contribution in [3.05, 3.63) is 35.4 Å². The average Bonchev–Trinajstić information content (AvgIpc) is 2.36. The van der Waals surface area contributed by atoms with Crippen LogP contribution in [0, 0.1) is 0 Å². The molecule has 1 aliphatic rings. The largest absolute Gasteiger partial charge is 0.367 e. The molecule has 0 fully saturated rings. The third-order valence-electron chi connectivity index (χ3n) is 2.75. The number of benzene rings is 1. The minimum Gasteiger partial charge on any atom is -0.367 e. The second kappa shape index (κ2) is 2.82. The lowest BCUT2D eigenvalue weighted by Gasteiger charge is -2.29. The summed E-state index contributed by atoms with van der Waals surface area (Å²) in [4.78, 5) is 13.3. The van der Waals surface area contributed by atoms with Crippen LogP contribution in [-0.2, 0) is 5.72 Å². The fraction of sp³-hybridized carbons (Fsp3) is 0.364. The highest BCUT2D eigenvalue weighted by Crippen LogP contribution is 2.35. The highest BCUT2D eigenvalue weighted by molar-refractivity contribution is 5.99. The average molecular weight is 191 g/mol. The Labute approximate surface area is 83.0 Å². The highest BCUT2D eigenvalue weighted by Gasteiger charge is 2.43. The zero-order valence-corrected chi connectivity index (χ0v) is 8.32. The Morgan fingerprint density at radius 1 is 1.43 bits per heavy atom. The first kappa shape index (κ1) is 9.21. The molecule has 2 rings (SSSR count). The van der Waals surface area contributed by atoms with Gasteiger partial charge in [0.05, 0.1) is 0 Å². The van der Waals surface area contributed by atoms with Gasteiger partial charge in [-0.15, -0.1) is 0 Å². The summed E-state index contributed by atoms with van der Waals surface area (Å²) in [5, 5.41) is 10.2. The molecule has 0 saturated carbocycles. The van der Waals surface area contributed by atoms with Crippen LogP contribution >= 0.6 is 0 Å². The van der Waals surface area contributed by atoms with E-state index in [1.165, 1.54) is 4.90 Å². The zero-order chi connectivity index (χ0) is 10.3. The van der Waals surface area contributed by atoms with Crippen LogP contribution in [-0.4, -0.2) is 22.5 Å². The van der Waals surface area contributed by atoms with Gasteiger partial charge in [-0.25, -0.2) is 0 Å². The van der Waals surface area contributed by atoms with Crippen LogP contribution in [0.25, 0.3) is 0 Å². The number of hydrogen-bond donors (Lipinski definition) is 1. The number of rotatable bonds is 1. The molecular weight excluding hydrogens is 178 g/mol. The van der Waals surface area contributed by atoms with Gasteiger partial charge in [0.2, 0.25) is 0 Å². The summed E-state index contributed by atoms with van der Waals surface area (Å²) < 4.78 is 0. The Morgan fingerprint density at radius 2 is 2.07 bits per heavy atom. The Morgan fingerprint density at radius 3 is 2.64 bits per heavy atom. The maximum absolute atomic E-state index is 11.8. The molecule has 1 atom stereocenters. The number of nitrogens with zero attached hydrogens (tertiary/aromatic N) is 1. The third-order valence-corrected chi connectivity index (χ3v) is 2.75. The predicted octanol–water partition coefficient (Wildman–Crippen LogP) is 1.33. The van der Waals surface area contributed by atoms with Crippen LogP contribution in [0.15, 0.2) is 24.3 Å². The van der Waals surface area contributed by atoms with Gasteiger partial charge in [-0.2, -0.15) is 0 Å². The van der Waals surface area contributed by atoms with Gasteiger partial charge in [0.1, 0.15) is 0 Å². The number of hydrogen-bond acceptors (Lipinski definition) is 2. The molecular formula is C11H13NO2. The first-order valence-corrected chi connectivity index (χ1v) is 4.73. The molecule has 3 nitrogen and oxygen atoms in total. The van der Waals surface area contributed by atoms with E-state index in [2.05, 4.69) is 0 Å². The van der Waals surface area contributed by atoms with Crippen LogP contribution in [0.3, 0.4) is 0 Å². The molecule has 0 aromatic heterocycles. The Hall–Kier alpha value is -1.35. The standard InChI is InChI=1S/C11H13NO2/c1-3-12-10(13)8-6-4-5-7-9(8)11(12,2)14/h4-7,14H,3H2,1-2H3. The zero-order valence-electron chi connectivity index (χ0n) is 8.32. The van der Waals surface area contributed by atoms with E-state index >= 15 is 0 Å². The van der Waals surface area contributed by atoms with Gasteiger partial charge < -0.3 is 10.0 Å². The summed E-state index contributed by atoms with van der Waals surface area (Å²) in [6, 6.07) is 7.19. The summed E-state index contributed by atoms with van der Waals surface area (Å²) in [6.45, 7) is 4.03. The molecule has 0 radical (unpaired) electrons. The van der Waals surface area contributed by atoms with Crippen molar-refractivity contribution < 1.29 is 9.90 Å². The van der Waals surface area contributed by atoms with E-state index in [9.17, 15) is 9.90 Å². The molecule has 3 heteroatoms. The van der Waals surface area contributed by atoms with Gasteiger partial charge >= 0.3 is 0 Å². The van der Waals surface area contributed by atoms with E-state index in [1.54, 1.807) is 19.1 Å². The van der Waals surface area contributed by atoms with E-state index in [1.807, 2.05) is 19.1 Å². The predicted molar refractivity (Wildman–Crippen MR) is 52.7 cm³/mol. The monoisotopic (exact) mass is 191 g/mol. The Balaban J connectivity index is 2.61. The van der Waals surface area contributed by atoms with Gasteiger partial charge in [0.15, 0.2) is 5.72 Å². The topological polar surface area (TPSA) is 40.5 Å². The minimum absolute atomic E-state index is 0.0897. The van der Waals surface area contributed by atoms with Crippen molar-refractivity contribution in [2.45, 2.75) is 19.6 Å². The van der Waals surface area contributed by atoms with E-state index in [4.69, 9.17) is 0 Å². The summed E-state index contributed by atoms with van der Waals surface area (Å²) >= 11 is 0. The van der Waals surface area contributed by atoms with E-state index in [-0.39, 0.29) is 5.91 Å². The summed E-state index contributed by atoms with van der Waals surface area (Å²) in [7, 11) is 0. The van der Waals surface area contributed by atoms with Crippen molar-refractivity contribution in [1.82, 2.24) is 4.90 Å². The molecule has 0 bridgehead atoms. The second-order valence-electron chi connectivity index (χ2n) is 3.62. The van der Waals surface area contributed by atoms with Crippen LogP contribution in [0.1, 0.15) is 29.8 Å². The molecule has 1 aromatic carbocycles. The van der Waals surface area contributed by atoms with Crippen molar-refractivity contribution >= 4 is 5.91 Å². The fourth-order valence-electron chi connectivity index (χ4n) is 2.02. The Bertz CT molecular complexity index is 385. The third kappa shape index (κ3) is 0.990. The number of carbonyl (C=O) groups is 1. The maximum Gasteiger partial charge on any atom is 0.256 e. The van der Waals surface area contributed by atoms with Gasteiger partial charge in [0, 0.05) is 17.7 Å². The summed E-state index contributed by atoms with van der Waals surface area (Å²) in [5.74, 6) is -0.0897. The number of fused-ring (bicyclic) bond motifs is 1. The highest BCUT2D eigenvalue weighted by atomic mass is 16.3. The fourth-order valence-corrected chi connectivity index (χ4v) is 2.02. The number of aliphatic hydroxyl groups is 1. The second-order valence-corrected chi connectivity index (χ2v) is 3.62. The molecule has 1 heterocycles. The van der Waals surface area contributed by atoms with Crippen molar-refractivity contribution in [3.63, 3.8) is 0 Å². The van der Waals surface area contributed by atoms with Gasteiger partial charge in [0.25, 0.3) is 5.91 Å². The number of carbonyl (C=O) groups excluding carboxylic acids is 1. The lowest BCUT2D eigenvalue weighted by molar-refractivity contribution is -0.0660. The van der Waals surface area contributed by atoms with Crippen molar-refractivity contribution in [2.24, 2.45) is 0 Å². The molecule has 0 saturated heterocycles. The number of amides is 1.